The van der Waals surface area contributed by atoms with E-state index in [9.17, 15) is 9.59 Å². The second kappa shape index (κ2) is 11.4. The Morgan fingerprint density at radius 1 is 1.07 bits per heavy atom. The Bertz CT molecular complexity index is 802. The number of ether oxygens (including phenoxy) is 3. The van der Waals surface area contributed by atoms with Gasteiger partial charge in [-0.2, -0.15) is 0 Å². The van der Waals surface area contributed by atoms with E-state index in [1.165, 1.54) is 6.08 Å². The Morgan fingerprint density at radius 3 is 2.57 bits per heavy atom. The van der Waals surface area contributed by atoms with Gasteiger partial charge in [-0.15, -0.1) is 0 Å². The van der Waals surface area contributed by atoms with Crippen LogP contribution in [0.25, 0.3) is 6.08 Å². The van der Waals surface area contributed by atoms with Crippen LogP contribution in [0.4, 0.5) is 0 Å². The highest BCUT2D eigenvalue weighted by atomic mass is 16.5. The number of hydrogen-bond donors (Lipinski definition) is 1. The first-order valence-corrected chi connectivity index (χ1v) is 9.08. The molecule has 0 unspecified atom stereocenters. The standard InChI is InChI=1S/C22H25NO5/c1-3-27-19-11-9-18(15-20(19)26-2)10-12-22(25)28-16-21(24)23-14-13-17-7-5-4-6-8-17/h4-12,15H,3,13-14,16H2,1-2H3,(H,23,24)/b12-10+. The third-order valence-electron chi connectivity index (χ3n) is 3.82. The van der Waals surface area contributed by atoms with Gasteiger partial charge >= 0.3 is 5.97 Å². The Hall–Kier alpha value is -3.28. The molecule has 0 atom stereocenters. The first kappa shape index (κ1) is 21.0. The van der Waals surface area contributed by atoms with Crippen LogP contribution in [-0.4, -0.2) is 38.7 Å². The van der Waals surface area contributed by atoms with Crippen molar-refractivity contribution in [1.29, 1.82) is 0 Å². The minimum Gasteiger partial charge on any atom is -0.493 e. The number of hydrogen-bond acceptors (Lipinski definition) is 5. The zero-order valence-corrected chi connectivity index (χ0v) is 16.1. The van der Waals surface area contributed by atoms with Crippen molar-refractivity contribution in [2.45, 2.75) is 13.3 Å². The molecule has 6 nitrogen and oxygen atoms in total. The van der Waals surface area contributed by atoms with Gasteiger partial charge < -0.3 is 19.5 Å². The van der Waals surface area contributed by atoms with Gasteiger partial charge in [0.15, 0.2) is 18.1 Å². The van der Waals surface area contributed by atoms with Crippen molar-refractivity contribution in [3.8, 4) is 11.5 Å². The van der Waals surface area contributed by atoms with Crippen LogP contribution in [-0.2, 0) is 20.7 Å². The Labute approximate surface area is 165 Å². The first-order valence-electron chi connectivity index (χ1n) is 9.08. The number of carbonyl (C=O) groups is 2. The summed E-state index contributed by atoms with van der Waals surface area (Å²) in [6, 6.07) is 15.2. The van der Waals surface area contributed by atoms with Gasteiger partial charge in [0.2, 0.25) is 0 Å². The van der Waals surface area contributed by atoms with Gasteiger partial charge in [0, 0.05) is 12.6 Å². The third kappa shape index (κ3) is 7.15. The molecular formula is C22H25NO5. The molecule has 2 aromatic rings. The predicted molar refractivity (Wildman–Crippen MR) is 107 cm³/mol. The van der Waals surface area contributed by atoms with Crippen molar-refractivity contribution in [2.75, 3.05) is 26.9 Å². The molecule has 0 aliphatic carbocycles. The summed E-state index contributed by atoms with van der Waals surface area (Å²) in [4.78, 5) is 23.5. The second-order valence-electron chi connectivity index (χ2n) is 5.87. The Morgan fingerprint density at radius 2 is 1.86 bits per heavy atom. The maximum atomic E-state index is 11.8. The monoisotopic (exact) mass is 383 g/mol. The molecule has 0 spiro atoms. The number of carbonyl (C=O) groups excluding carboxylic acids is 2. The van der Waals surface area contributed by atoms with E-state index in [1.54, 1.807) is 31.4 Å². The van der Waals surface area contributed by atoms with Gasteiger partial charge in [-0.05, 0) is 42.7 Å². The lowest BCUT2D eigenvalue weighted by Crippen LogP contribution is -2.30. The fraction of sp³-hybridized carbons (Fsp3) is 0.273. The Kier molecular flexibility index (Phi) is 8.59. The summed E-state index contributed by atoms with van der Waals surface area (Å²) in [6.45, 7) is 2.60. The van der Waals surface area contributed by atoms with Crippen molar-refractivity contribution in [2.24, 2.45) is 0 Å². The number of rotatable bonds is 10. The van der Waals surface area contributed by atoms with E-state index in [1.807, 2.05) is 37.3 Å². The van der Waals surface area contributed by atoms with E-state index in [0.29, 0.717) is 24.7 Å². The summed E-state index contributed by atoms with van der Waals surface area (Å²) in [5, 5.41) is 2.72. The van der Waals surface area contributed by atoms with Crippen LogP contribution in [0.3, 0.4) is 0 Å². The third-order valence-corrected chi connectivity index (χ3v) is 3.82. The lowest BCUT2D eigenvalue weighted by molar-refractivity contribution is -0.143. The van der Waals surface area contributed by atoms with Crippen LogP contribution in [0, 0.1) is 0 Å². The van der Waals surface area contributed by atoms with Crippen molar-refractivity contribution in [3.05, 3.63) is 65.7 Å². The molecule has 28 heavy (non-hydrogen) atoms. The maximum absolute atomic E-state index is 11.8. The van der Waals surface area contributed by atoms with Crippen LogP contribution in [0.1, 0.15) is 18.1 Å². The number of esters is 1. The highest BCUT2D eigenvalue weighted by molar-refractivity contribution is 5.89. The second-order valence-corrected chi connectivity index (χ2v) is 5.87. The largest absolute Gasteiger partial charge is 0.493 e. The van der Waals surface area contributed by atoms with Gasteiger partial charge in [-0.3, -0.25) is 4.79 Å². The molecule has 2 aromatic carbocycles. The summed E-state index contributed by atoms with van der Waals surface area (Å²) in [7, 11) is 1.55. The molecule has 6 heteroatoms. The summed E-state index contributed by atoms with van der Waals surface area (Å²) >= 11 is 0. The van der Waals surface area contributed by atoms with E-state index >= 15 is 0 Å². The fourth-order valence-corrected chi connectivity index (χ4v) is 2.45. The number of nitrogens with one attached hydrogen (secondary N) is 1. The number of benzene rings is 2. The molecular weight excluding hydrogens is 358 g/mol. The van der Waals surface area contributed by atoms with Crippen LogP contribution in [0.15, 0.2) is 54.6 Å². The molecule has 0 radical (unpaired) electrons. The molecule has 0 saturated carbocycles. The quantitative estimate of drug-likeness (QED) is 0.504. The predicted octanol–water partition coefficient (Wildman–Crippen LogP) is 3.01. The fourth-order valence-electron chi connectivity index (χ4n) is 2.45. The summed E-state index contributed by atoms with van der Waals surface area (Å²) in [6.07, 6.45) is 3.58. The molecule has 148 valence electrons. The SMILES string of the molecule is CCOc1ccc(/C=C/C(=O)OCC(=O)NCCc2ccccc2)cc1OC. The molecule has 0 aromatic heterocycles. The highest BCUT2D eigenvalue weighted by Crippen LogP contribution is 2.28. The topological polar surface area (TPSA) is 73.9 Å². The van der Waals surface area contributed by atoms with Crippen LogP contribution in [0.5, 0.6) is 11.5 Å². The zero-order valence-electron chi connectivity index (χ0n) is 16.1. The Balaban J connectivity index is 1.74. The van der Waals surface area contributed by atoms with Gasteiger partial charge in [-0.1, -0.05) is 36.4 Å². The molecule has 1 amide bonds. The van der Waals surface area contributed by atoms with E-state index < -0.39 is 5.97 Å². The highest BCUT2D eigenvalue weighted by Gasteiger charge is 2.06. The van der Waals surface area contributed by atoms with E-state index in [2.05, 4.69) is 5.32 Å². The lowest BCUT2D eigenvalue weighted by Gasteiger charge is -2.09. The summed E-state index contributed by atoms with van der Waals surface area (Å²) in [5.41, 5.74) is 1.89. The minimum absolute atomic E-state index is 0.315. The van der Waals surface area contributed by atoms with Crippen LogP contribution in [0.2, 0.25) is 0 Å². The molecule has 0 aliphatic rings. The normalized spacial score (nSPS) is 10.5. The molecule has 0 heterocycles. The van der Waals surface area contributed by atoms with E-state index in [4.69, 9.17) is 14.2 Å². The number of methoxy groups -OCH3 is 1. The minimum atomic E-state index is -0.592. The summed E-state index contributed by atoms with van der Waals surface area (Å²) < 4.78 is 15.7. The molecule has 2 rings (SSSR count). The number of amides is 1. The van der Waals surface area contributed by atoms with Crippen molar-refractivity contribution < 1.29 is 23.8 Å². The molecule has 0 fully saturated rings. The van der Waals surface area contributed by atoms with Gasteiger partial charge in [0.1, 0.15) is 0 Å². The van der Waals surface area contributed by atoms with Crippen molar-refractivity contribution in [1.82, 2.24) is 5.32 Å². The van der Waals surface area contributed by atoms with Crippen molar-refractivity contribution in [3.63, 3.8) is 0 Å². The average Bonchev–Trinajstić information content (AvgIpc) is 2.72. The van der Waals surface area contributed by atoms with E-state index in [0.717, 1.165) is 17.5 Å². The smallest absolute Gasteiger partial charge is 0.331 e. The van der Waals surface area contributed by atoms with Crippen LogP contribution < -0.4 is 14.8 Å². The van der Waals surface area contributed by atoms with Gasteiger partial charge in [0.05, 0.1) is 13.7 Å². The molecule has 0 saturated heterocycles. The van der Waals surface area contributed by atoms with Crippen LogP contribution >= 0.6 is 0 Å². The summed E-state index contributed by atoms with van der Waals surface area (Å²) in [5.74, 6) is 0.290. The lowest BCUT2D eigenvalue weighted by atomic mass is 10.1. The maximum Gasteiger partial charge on any atom is 0.331 e. The molecule has 0 bridgehead atoms. The van der Waals surface area contributed by atoms with Gasteiger partial charge in [-0.25, -0.2) is 4.79 Å². The van der Waals surface area contributed by atoms with Gasteiger partial charge in [0.25, 0.3) is 5.91 Å². The first-order chi connectivity index (χ1) is 13.6. The van der Waals surface area contributed by atoms with E-state index in [-0.39, 0.29) is 12.5 Å². The average molecular weight is 383 g/mol. The van der Waals surface area contributed by atoms with Crippen molar-refractivity contribution >= 4 is 18.0 Å². The zero-order chi connectivity index (χ0) is 20.2. The molecule has 0 aliphatic heterocycles. The molecule has 1 N–H and O–H groups in total.